The van der Waals surface area contributed by atoms with E-state index in [9.17, 15) is 24.0 Å². The number of carbonyl (C=O) groups is 3. The molecule has 14 heteroatoms. The van der Waals surface area contributed by atoms with Crippen LogP contribution in [0.2, 0.25) is 0 Å². The van der Waals surface area contributed by atoms with E-state index < -0.39 is 45.9 Å². The highest BCUT2D eigenvalue weighted by atomic mass is 35.5. The summed E-state index contributed by atoms with van der Waals surface area (Å²) < 4.78 is 13.0. The number of amides is 2. The topological polar surface area (TPSA) is 156 Å². The number of β-lactam (4-membered cyclic amide) rings is 1. The minimum atomic E-state index is -1.70. The van der Waals surface area contributed by atoms with Crippen LogP contribution < -0.4 is 10.6 Å². The van der Waals surface area contributed by atoms with Crippen LogP contribution in [0.4, 0.5) is 5.13 Å². The number of hydrogen-bond acceptors (Lipinski definition) is 9. The first-order chi connectivity index (χ1) is 22.8. The molecule has 11 nitrogen and oxygen atoms in total. The van der Waals surface area contributed by atoms with Crippen LogP contribution in [0.25, 0.3) is 0 Å². The van der Waals surface area contributed by atoms with E-state index in [4.69, 9.17) is 21.4 Å². The molecule has 3 aromatic carbocycles. The number of aromatic nitrogens is 1. The second-order valence-corrected chi connectivity index (χ2v) is 13.3. The number of rotatable bonds is 11. The van der Waals surface area contributed by atoms with Crippen molar-refractivity contribution < 1.29 is 28.9 Å². The fourth-order valence-electron chi connectivity index (χ4n) is 5.84. The van der Waals surface area contributed by atoms with Gasteiger partial charge >= 0.3 is 5.97 Å². The molecule has 2 aliphatic rings. The van der Waals surface area contributed by atoms with Crippen molar-refractivity contribution in [3.8, 4) is 0 Å². The third kappa shape index (κ3) is 5.87. The highest BCUT2D eigenvalue weighted by Crippen LogP contribution is 2.41. The first-order valence-corrected chi connectivity index (χ1v) is 17.1. The normalized spacial score (nSPS) is 19.5. The molecule has 1 saturated heterocycles. The lowest BCUT2D eigenvalue weighted by molar-refractivity contribution is -0.150. The minimum absolute atomic E-state index is 0.127. The molecule has 1 fully saturated rings. The van der Waals surface area contributed by atoms with Gasteiger partial charge in [0.15, 0.2) is 16.9 Å². The van der Waals surface area contributed by atoms with Gasteiger partial charge in [-0.05, 0) is 27.9 Å². The Balaban J connectivity index is 1.31. The summed E-state index contributed by atoms with van der Waals surface area (Å²) in [5.41, 5.74) is 1.83. The van der Waals surface area contributed by atoms with Crippen molar-refractivity contribution in [3.63, 3.8) is 0 Å². The lowest BCUT2D eigenvalue weighted by Gasteiger charge is -2.48. The highest BCUT2D eigenvalue weighted by Gasteiger charge is 2.61. The molecule has 47 heavy (non-hydrogen) atoms. The quantitative estimate of drug-likeness (QED) is 0.0535. The van der Waals surface area contributed by atoms with Gasteiger partial charge < -0.3 is 25.1 Å². The Morgan fingerprint density at radius 1 is 1.06 bits per heavy atom. The maximum atomic E-state index is 13.6. The van der Waals surface area contributed by atoms with E-state index in [1.807, 2.05) is 91.0 Å². The maximum absolute atomic E-state index is 13.6. The van der Waals surface area contributed by atoms with Crippen molar-refractivity contribution in [2.75, 3.05) is 24.1 Å². The molecule has 3 atom stereocenters. The molecule has 2 aliphatic heterocycles. The van der Waals surface area contributed by atoms with Gasteiger partial charge in [-0.3, -0.25) is 14.5 Å². The second-order valence-electron chi connectivity index (χ2n) is 10.6. The summed E-state index contributed by atoms with van der Waals surface area (Å²) >= 11 is 5.43. The Kier molecular flexibility index (Phi) is 9.32. The smallest absolute Gasteiger partial charge is 0.352 e. The molecule has 0 saturated carbocycles. The Morgan fingerprint density at radius 3 is 2.11 bits per heavy atom. The van der Waals surface area contributed by atoms with Crippen molar-refractivity contribution in [1.82, 2.24) is 15.2 Å². The molecule has 0 radical (unpaired) electrons. The van der Waals surface area contributed by atoms with Crippen LogP contribution in [-0.4, -0.2) is 73.2 Å². The lowest BCUT2D eigenvalue weighted by atomic mass is 9.77. The number of thiazole rings is 1. The van der Waals surface area contributed by atoms with E-state index in [-0.39, 0.29) is 34.3 Å². The first kappa shape index (κ1) is 32.3. The molecule has 0 bridgehead atoms. The molecule has 3 heterocycles. The number of halogens is 1. The number of nitrogens with one attached hydrogen (secondary N) is 2. The number of carbonyl (C=O) groups excluding carboxylic acids is 2. The lowest BCUT2D eigenvalue weighted by Crippen LogP contribution is -2.75. The average Bonchev–Trinajstić information content (AvgIpc) is 3.56. The van der Waals surface area contributed by atoms with Crippen LogP contribution in [0.15, 0.2) is 113 Å². The minimum Gasteiger partial charge on any atom is -0.614 e. The summed E-state index contributed by atoms with van der Waals surface area (Å²) in [6.45, 7) is 0. The fraction of sp³-hybridized carbons (Fsp3) is 0.182. The predicted molar refractivity (Wildman–Crippen MR) is 179 cm³/mol. The number of nitrogens with zero attached hydrogens (tertiary/aromatic N) is 3. The van der Waals surface area contributed by atoms with E-state index >= 15 is 0 Å². The number of hydrogen-bond donors (Lipinski definition) is 3. The molecule has 2 amide bonds. The molecular weight excluding hydrogens is 662 g/mol. The Hall–Kier alpha value is -4.69. The molecule has 2 unspecified atom stereocenters. The predicted octanol–water partition coefficient (Wildman–Crippen LogP) is 3.89. The van der Waals surface area contributed by atoms with Crippen LogP contribution >= 0.6 is 22.9 Å². The molecule has 4 aromatic rings. The molecular formula is C33H28ClN5O6S2. The summed E-state index contributed by atoms with van der Waals surface area (Å²) in [5.74, 6) is -3.19. The van der Waals surface area contributed by atoms with Gasteiger partial charge in [0.2, 0.25) is 5.37 Å². The Labute approximate surface area is 282 Å². The number of fused-ring (bicyclic) bond motifs is 1. The monoisotopic (exact) mass is 689 g/mol. The van der Waals surface area contributed by atoms with Crippen molar-refractivity contribution in [2.45, 2.75) is 17.0 Å². The van der Waals surface area contributed by atoms with Gasteiger partial charge in [-0.15, -0.1) is 22.9 Å². The number of anilines is 1. The van der Waals surface area contributed by atoms with Gasteiger partial charge in [0, 0.05) is 11.0 Å². The summed E-state index contributed by atoms with van der Waals surface area (Å²) in [4.78, 5) is 49.2. The zero-order valence-corrected chi connectivity index (χ0v) is 27.2. The van der Waals surface area contributed by atoms with E-state index in [2.05, 4.69) is 15.8 Å². The zero-order valence-electron chi connectivity index (χ0n) is 24.8. The molecule has 240 valence electrons. The van der Waals surface area contributed by atoms with Crippen LogP contribution in [0, 0.1) is 0 Å². The summed E-state index contributed by atoms with van der Waals surface area (Å²) in [6.07, 6.45) is 0. The number of aliphatic carboxylic acids is 1. The third-order valence-corrected chi connectivity index (χ3v) is 10.6. The van der Waals surface area contributed by atoms with Crippen LogP contribution in [0.5, 0.6) is 0 Å². The SMILES string of the molecule is CO/N=C(\C(=O)NC1C(=O)N2C(C(=O)O)=C(CCl)C[S+]([O-])[C@H]12)c1csc(NC(c2ccccc2)(c2ccccc2)c2ccccc2)n1. The number of oxime groups is 1. The fourth-order valence-corrected chi connectivity index (χ4v) is 8.61. The summed E-state index contributed by atoms with van der Waals surface area (Å²) in [7, 11) is 1.27. The summed E-state index contributed by atoms with van der Waals surface area (Å²) in [5, 5.41) is 20.9. The Bertz CT molecular complexity index is 1760. The van der Waals surface area contributed by atoms with E-state index in [0.717, 1.165) is 21.6 Å². The van der Waals surface area contributed by atoms with Crippen LogP contribution in [0.3, 0.4) is 0 Å². The zero-order chi connectivity index (χ0) is 33.1. The van der Waals surface area contributed by atoms with Crippen molar-refractivity contribution >= 4 is 62.7 Å². The standard InChI is InChI=1S/C33H28ClN5O6S2/c1-45-38-25(28(40)36-26-29(41)39-27(31(42)43)20(17-34)19-47(44)30(26)39)24-18-46-32(35-24)37-33(21-11-5-2-6-12-21,22-13-7-3-8-14-22)23-15-9-4-10-16-23/h2-16,18,26,30H,17,19H2,1H3,(H,35,37)(H,36,40)(H,42,43)/b38-25-/t26?,30-,47?/m1/s1. The first-order valence-electron chi connectivity index (χ1n) is 14.3. The van der Waals surface area contributed by atoms with Crippen LogP contribution in [-0.2, 0) is 35.9 Å². The maximum Gasteiger partial charge on any atom is 0.352 e. The van der Waals surface area contributed by atoms with Gasteiger partial charge in [0.1, 0.15) is 29.8 Å². The van der Waals surface area contributed by atoms with Crippen molar-refractivity contribution in [2.24, 2.45) is 5.16 Å². The van der Waals surface area contributed by atoms with Crippen molar-refractivity contribution in [1.29, 1.82) is 0 Å². The van der Waals surface area contributed by atoms with Gasteiger partial charge in [-0.25, -0.2) is 9.78 Å². The third-order valence-electron chi connectivity index (χ3n) is 7.91. The highest BCUT2D eigenvalue weighted by molar-refractivity contribution is 7.92. The van der Waals surface area contributed by atoms with Gasteiger partial charge in [-0.2, -0.15) is 0 Å². The summed E-state index contributed by atoms with van der Waals surface area (Å²) in [6, 6.07) is 28.6. The van der Waals surface area contributed by atoms with E-state index in [1.54, 1.807) is 5.38 Å². The van der Waals surface area contributed by atoms with Gasteiger partial charge in [-0.1, -0.05) is 96.2 Å². The van der Waals surface area contributed by atoms with E-state index in [1.165, 1.54) is 18.4 Å². The second kappa shape index (κ2) is 13.6. The molecule has 0 aliphatic carbocycles. The molecule has 6 rings (SSSR count). The van der Waals surface area contributed by atoms with Crippen LogP contribution in [0.1, 0.15) is 22.4 Å². The Morgan fingerprint density at radius 2 is 1.62 bits per heavy atom. The molecule has 0 spiro atoms. The number of alkyl halides is 1. The van der Waals surface area contributed by atoms with Crippen molar-refractivity contribution in [3.05, 3.63) is 130 Å². The number of benzene rings is 3. The molecule has 1 aromatic heterocycles. The van der Waals surface area contributed by atoms with E-state index in [0.29, 0.717) is 5.13 Å². The average molecular weight is 690 g/mol. The van der Waals surface area contributed by atoms with Gasteiger partial charge in [0.25, 0.3) is 11.8 Å². The van der Waals surface area contributed by atoms with Gasteiger partial charge in [0.05, 0.1) is 5.88 Å². The molecule has 3 N–H and O–H groups in total. The largest absolute Gasteiger partial charge is 0.614 e. The number of carboxylic acid groups (broad SMARTS) is 1. The number of carboxylic acids is 1.